The van der Waals surface area contributed by atoms with Gasteiger partial charge in [-0.05, 0) is 6.07 Å². The number of methoxy groups -OCH3 is 1. The van der Waals surface area contributed by atoms with Crippen LogP contribution >= 0.6 is 0 Å². The van der Waals surface area contributed by atoms with Crippen LogP contribution < -0.4 is 5.32 Å². The SMILES string of the molecule is COCCNC(=O)[C@H]1CN(C(C)=O)Cc2ccnn21. The number of carbonyl (C=O) groups is 2. The van der Waals surface area contributed by atoms with Crippen molar-refractivity contribution >= 4 is 11.8 Å². The predicted molar refractivity (Wildman–Crippen MR) is 67.2 cm³/mol. The molecule has 0 radical (unpaired) electrons. The van der Waals surface area contributed by atoms with Crippen molar-refractivity contribution in [3.05, 3.63) is 18.0 Å². The molecule has 1 aromatic rings. The molecular formula is C12H18N4O3. The van der Waals surface area contributed by atoms with Gasteiger partial charge in [0, 0.05) is 26.8 Å². The van der Waals surface area contributed by atoms with Crippen LogP contribution in [0, 0.1) is 0 Å². The van der Waals surface area contributed by atoms with Crippen molar-refractivity contribution < 1.29 is 14.3 Å². The van der Waals surface area contributed by atoms with E-state index in [1.165, 1.54) is 6.92 Å². The Kier molecular flexibility index (Phi) is 4.16. The number of fused-ring (bicyclic) bond motifs is 1. The Morgan fingerprint density at radius 1 is 1.58 bits per heavy atom. The summed E-state index contributed by atoms with van der Waals surface area (Å²) in [7, 11) is 1.58. The van der Waals surface area contributed by atoms with E-state index >= 15 is 0 Å². The third-order valence-corrected chi connectivity index (χ3v) is 3.15. The quantitative estimate of drug-likeness (QED) is 0.749. The van der Waals surface area contributed by atoms with Crippen LogP contribution in [0.1, 0.15) is 18.7 Å². The number of hydrogen-bond donors (Lipinski definition) is 1. The smallest absolute Gasteiger partial charge is 0.246 e. The van der Waals surface area contributed by atoms with Crippen LogP contribution in [-0.2, 0) is 20.9 Å². The number of hydrogen-bond acceptors (Lipinski definition) is 4. The second-order valence-corrected chi connectivity index (χ2v) is 4.47. The first-order valence-corrected chi connectivity index (χ1v) is 6.18. The minimum absolute atomic E-state index is 0.0397. The van der Waals surface area contributed by atoms with E-state index in [2.05, 4.69) is 10.4 Å². The molecule has 0 aromatic carbocycles. The summed E-state index contributed by atoms with van der Waals surface area (Å²) in [5.41, 5.74) is 0.869. The minimum atomic E-state index is -0.473. The van der Waals surface area contributed by atoms with Gasteiger partial charge < -0.3 is 15.0 Å². The molecule has 1 atom stereocenters. The maximum absolute atomic E-state index is 12.1. The lowest BCUT2D eigenvalue weighted by Gasteiger charge is -2.32. The Hall–Kier alpha value is -1.89. The van der Waals surface area contributed by atoms with Gasteiger partial charge in [-0.15, -0.1) is 0 Å². The Morgan fingerprint density at radius 2 is 2.37 bits per heavy atom. The van der Waals surface area contributed by atoms with Crippen LogP contribution in [0.25, 0.3) is 0 Å². The van der Waals surface area contributed by atoms with Crippen LogP contribution in [0.2, 0.25) is 0 Å². The number of nitrogens with one attached hydrogen (secondary N) is 1. The Balaban J connectivity index is 2.11. The van der Waals surface area contributed by atoms with Gasteiger partial charge in [-0.2, -0.15) is 5.10 Å². The number of nitrogens with zero attached hydrogens (tertiary/aromatic N) is 3. The lowest BCUT2D eigenvalue weighted by molar-refractivity contribution is -0.133. The molecule has 1 aliphatic heterocycles. The van der Waals surface area contributed by atoms with E-state index in [0.29, 0.717) is 26.2 Å². The van der Waals surface area contributed by atoms with E-state index in [1.807, 2.05) is 6.07 Å². The van der Waals surface area contributed by atoms with Crippen molar-refractivity contribution in [3.8, 4) is 0 Å². The Morgan fingerprint density at radius 3 is 3.05 bits per heavy atom. The third-order valence-electron chi connectivity index (χ3n) is 3.15. The topological polar surface area (TPSA) is 76.5 Å². The normalized spacial score (nSPS) is 18.0. The van der Waals surface area contributed by atoms with Gasteiger partial charge in [0.2, 0.25) is 11.8 Å². The maximum atomic E-state index is 12.1. The van der Waals surface area contributed by atoms with Gasteiger partial charge in [-0.3, -0.25) is 14.3 Å². The molecule has 7 nitrogen and oxygen atoms in total. The molecule has 1 aliphatic rings. The van der Waals surface area contributed by atoms with Gasteiger partial charge in [0.05, 0.1) is 25.4 Å². The summed E-state index contributed by atoms with van der Waals surface area (Å²) >= 11 is 0. The highest BCUT2D eigenvalue weighted by atomic mass is 16.5. The molecule has 7 heteroatoms. The fraction of sp³-hybridized carbons (Fsp3) is 0.583. The summed E-state index contributed by atoms with van der Waals surface area (Å²) in [6.45, 7) is 3.26. The Labute approximate surface area is 111 Å². The van der Waals surface area contributed by atoms with Gasteiger partial charge in [-0.1, -0.05) is 0 Å². The summed E-state index contributed by atoms with van der Waals surface area (Å²) in [6, 6.07) is 1.35. The van der Waals surface area contributed by atoms with Gasteiger partial charge >= 0.3 is 0 Å². The third kappa shape index (κ3) is 2.93. The average molecular weight is 266 g/mol. The number of ether oxygens (including phenoxy) is 1. The summed E-state index contributed by atoms with van der Waals surface area (Å²) in [5, 5.41) is 6.95. The number of rotatable bonds is 4. The molecule has 0 bridgehead atoms. The number of carbonyl (C=O) groups excluding carboxylic acids is 2. The maximum Gasteiger partial charge on any atom is 0.246 e. The fourth-order valence-electron chi connectivity index (χ4n) is 2.12. The molecule has 1 N–H and O–H groups in total. The summed E-state index contributed by atoms with van der Waals surface area (Å²) in [6.07, 6.45) is 1.65. The molecule has 0 aliphatic carbocycles. The Bertz CT molecular complexity index is 471. The highest BCUT2D eigenvalue weighted by molar-refractivity contribution is 5.82. The van der Waals surface area contributed by atoms with Gasteiger partial charge in [0.1, 0.15) is 6.04 Å². The predicted octanol–water partition coefficient (Wildman–Crippen LogP) is -0.451. The van der Waals surface area contributed by atoms with Gasteiger partial charge in [0.15, 0.2) is 0 Å². The molecule has 1 aromatic heterocycles. The van der Waals surface area contributed by atoms with Crippen molar-refractivity contribution in [3.63, 3.8) is 0 Å². The van der Waals surface area contributed by atoms with Crippen LogP contribution in [0.3, 0.4) is 0 Å². The van der Waals surface area contributed by atoms with E-state index in [9.17, 15) is 9.59 Å². The molecule has 2 rings (SSSR count). The molecule has 2 amide bonds. The molecule has 0 saturated carbocycles. The molecule has 2 heterocycles. The summed E-state index contributed by atoms with van der Waals surface area (Å²) in [4.78, 5) is 25.3. The van der Waals surface area contributed by atoms with Gasteiger partial charge in [-0.25, -0.2) is 0 Å². The van der Waals surface area contributed by atoms with Crippen LogP contribution in [0.5, 0.6) is 0 Å². The number of amides is 2. The molecule has 0 fully saturated rings. The van der Waals surface area contributed by atoms with E-state index in [0.717, 1.165) is 5.69 Å². The van der Waals surface area contributed by atoms with E-state index in [1.54, 1.807) is 22.9 Å². The van der Waals surface area contributed by atoms with Crippen molar-refractivity contribution in [1.82, 2.24) is 20.0 Å². The molecule has 0 unspecified atom stereocenters. The molecule has 0 spiro atoms. The van der Waals surface area contributed by atoms with Crippen LogP contribution in [-0.4, -0.2) is 53.3 Å². The largest absolute Gasteiger partial charge is 0.383 e. The molecule has 0 saturated heterocycles. The zero-order chi connectivity index (χ0) is 13.8. The van der Waals surface area contributed by atoms with Crippen molar-refractivity contribution in [2.75, 3.05) is 26.8 Å². The number of aromatic nitrogens is 2. The van der Waals surface area contributed by atoms with E-state index < -0.39 is 6.04 Å². The highest BCUT2D eigenvalue weighted by Gasteiger charge is 2.31. The zero-order valence-electron chi connectivity index (χ0n) is 11.1. The second-order valence-electron chi connectivity index (χ2n) is 4.47. The molecule has 104 valence electrons. The standard InChI is InChI=1S/C12H18N4O3/c1-9(17)15-7-10-3-4-14-16(10)11(8-15)12(18)13-5-6-19-2/h3-4,11H,5-8H2,1-2H3,(H,13,18)/t11-/m1/s1. The lowest BCUT2D eigenvalue weighted by Crippen LogP contribution is -2.46. The molecule has 19 heavy (non-hydrogen) atoms. The van der Waals surface area contributed by atoms with Crippen molar-refractivity contribution in [2.24, 2.45) is 0 Å². The highest BCUT2D eigenvalue weighted by Crippen LogP contribution is 2.20. The fourth-order valence-corrected chi connectivity index (χ4v) is 2.12. The van der Waals surface area contributed by atoms with Gasteiger partial charge in [0.25, 0.3) is 0 Å². The van der Waals surface area contributed by atoms with Crippen LogP contribution in [0.4, 0.5) is 0 Å². The van der Waals surface area contributed by atoms with Crippen molar-refractivity contribution in [1.29, 1.82) is 0 Å². The first kappa shape index (κ1) is 13.5. The first-order valence-electron chi connectivity index (χ1n) is 6.18. The zero-order valence-corrected chi connectivity index (χ0v) is 11.1. The summed E-state index contributed by atoms with van der Waals surface area (Å²) < 4.78 is 6.57. The average Bonchev–Trinajstić information content (AvgIpc) is 2.85. The second kappa shape index (κ2) is 5.83. The minimum Gasteiger partial charge on any atom is -0.383 e. The van der Waals surface area contributed by atoms with E-state index in [4.69, 9.17) is 4.74 Å². The molecular weight excluding hydrogens is 248 g/mol. The monoisotopic (exact) mass is 266 g/mol. The van der Waals surface area contributed by atoms with Crippen molar-refractivity contribution in [2.45, 2.75) is 19.5 Å². The first-order chi connectivity index (χ1) is 9.13. The lowest BCUT2D eigenvalue weighted by atomic mass is 10.1. The summed E-state index contributed by atoms with van der Waals surface area (Å²) in [5.74, 6) is -0.185. The van der Waals surface area contributed by atoms with E-state index in [-0.39, 0.29) is 11.8 Å². The van der Waals surface area contributed by atoms with Crippen LogP contribution in [0.15, 0.2) is 12.3 Å².